The summed E-state index contributed by atoms with van der Waals surface area (Å²) in [4.78, 5) is 36.3. The van der Waals surface area contributed by atoms with Crippen LogP contribution in [0.25, 0.3) is 0 Å². The molecule has 1 rings (SSSR count). The summed E-state index contributed by atoms with van der Waals surface area (Å²) >= 11 is 0.910. The molecule has 0 atom stereocenters. The molecule has 3 N–H and O–H groups in total. The minimum atomic E-state index is -1.19. The number of nitrogens with zero attached hydrogens (tertiary/aromatic N) is 1. The number of rotatable bonds is 4. The van der Waals surface area contributed by atoms with E-state index >= 15 is 0 Å². The Balaban J connectivity index is 2.59. The molecule has 7 nitrogen and oxygen atoms in total. The number of aromatic nitrogens is 1. The van der Waals surface area contributed by atoms with Crippen molar-refractivity contribution in [1.29, 1.82) is 0 Å². The van der Waals surface area contributed by atoms with Crippen LogP contribution in [0.2, 0.25) is 0 Å². The highest BCUT2D eigenvalue weighted by molar-refractivity contribution is 7.11. The van der Waals surface area contributed by atoms with Gasteiger partial charge in [0.05, 0.1) is 6.54 Å². The van der Waals surface area contributed by atoms with E-state index in [2.05, 4.69) is 15.6 Å². The zero-order valence-electron chi connectivity index (χ0n) is 8.31. The second kappa shape index (κ2) is 5.21. The van der Waals surface area contributed by atoms with Crippen molar-refractivity contribution in [3.63, 3.8) is 0 Å². The monoisotopic (exact) mass is 243 g/mol. The molecule has 0 saturated carbocycles. The van der Waals surface area contributed by atoms with Crippen molar-refractivity contribution in [3.05, 3.63) is 16.1 Å². The molecule has 16 heavy (non-hydrogen) atoms. The Labute approximate surface area is 94.5 Å². The third-order valence-corrected chi connectivity index (χ3v) is 2.45. The Hall–Kier alpha value is -1.96. The van der Waals surface area contributed by atoms with Gasteiger partial charge >= 0.3 is 5.97 Å². The van der Waals surface area contributed by atoms with Crippen LogP contribution >= 0.6 is 11.3 Å². The molecule has 0 spiro atoms. The SMILES string of the molecule is CNC(=O)CNC(=O)c1nc(C(=O)O)cs1. The molecule has 2 amide bonds. The number of amides is 2. The molecule has 86 valence electrons. The lowest BCUT2D eigenvalue weighted by Crippen LogP contribution is -2.35. The molecule has 0 aliphatic rings. The van der Waals surface area contributed by atoms with Crippen LogP contribution in [0.4, 0.5) is 0 Å². The first kappa shape index (κ1) is 12.1. The van der Waals surface area contributed by atoms with Crippen molar-refractivity contribution < 1.29 is 19.5 Å². The van der Waals surface area contributed by atoms with Gasteiger partial charge in [0, 0.05) is 12.4 Å². The van der Waals surface area contributed by atoms with Gasteiger partial charge in [0.1, 0.15) is 0 Å². The number of thiazole rings is 1. The summed E-state index contributed by atoms with van der Waals surface area (Å²) in [6.07, 6.45) is 0. The lowest BCUT2D eigenvalue weighted by Gasteiger charge is -2.00. The van der Waals surface area contributed by atoms with Gasteiger partial charge in [-0.3, -0.25) is 9.59 Å². The van der Waals surface area contributed by atoms with E-state index in [-0.39, 0.29) is 23.2 Å². The molecule has 0 saturated heterocycles. The number of carboxylic acid groups (broad SMARTS) is 1. The molecule has 0 aliphatic carbocycles. The van der Waals surface area contributed by atoms with Crippen LogP contribution in [-0.2, 0) is 4.79 Å². The quantitative estimate of drug-likeness (QED) is 0.649. The summed E-state index contributed by atoms with van der Waals surface area (Å²) in [7, 11) is 1.44. The minimum absolute atomic E-state index is 0.0151. The molecular weight excluding hydrogens is 234 g/mol. The fourth-order valence-corrected chi connectivity index (χ4v) is 1.51. The molecule has 0 fully saturated rings. The van der Waals surface area contributed by atoms with Crippen LogP contribution in [-0.4, -0.2) is 41.5 Å². The third kappa shape index (κ3) is 3.02. The van der Waals surface area contributed by atoms with E-state index in [0.29, 0.717) is 0 Å². The van der Waals surface area contributed by atoms with Crippen molar-refractivity contribution in [2.24, 2.45) is 0 Å². The molecule has 1 aromatic heterocycles. The number of hydrogen-bond donors (Lipinski definition) is 3. The first-order valence-electron chi connectivity index (χ1n) is 4.22. The van der Waals surface area contributed by atoms with Crippen molar-refractivity contribution in [2.75, 3.05) is 13.6 Å². The number of carbonyl (C=O) groups is 3. The van der Waals surface area contributed by atoms with Crippen LogP contribution < -0.4 is 10.6 Å². The largest absolute Gasteiger partial charge is 0.476 e. The normalized spacial score (nSPS) is 9.56. The van der Waals surface area contributed by atoms with Gasteiger partial charge in [-0.2, -0.15) is 0 Å². The van der Waals surface area contributed by atoms with Crippen LogP contribution in [0.15, 0.2) is 5.38 Å². The predicted octanol–water partition coefficient (Wildman–Crippen LogP) is -0.683. The smallest absolute Gasteiger partial charge is 0.355 e. The third-order valence-electron chi connectivity index (χ3n) is 1.61. The van der Waals surface area contributed by atoms with Crippen LogP contribution in [0.3, 0.4) is 0 Å². The van der Waals surface area contributed by atoms with E-state index in [0.717, 1.165) is 11.3 Å². The van der Waals surface area contributed by atoms with E-state index in [4.69, 9.17) is 5.11 Å². The number of likely N-dealkylation sites (N-methyl/N-ethyl adjacent to an activating group) is 1. The maximum Gasteiger partial charge on any atom is 0.355 e. The van der Waals surface area contributed by atoms with Gasteiger partial charge in [-0.1, -0.05) is 0 Å². The zero-order valence-corrected chi connectivity index (χ0v) is 9.13. The summed E-state index contributed by atoms with van der Waals surface area (Å²) in [6.45, 7) is -0.169. The maximum absolute atomic E-state index is 11.4. The molecule has 1 heterocycles. The van der Waals surface area contributed by atoms with Crippen LogP contribution in [0, 0.1) is 0 Å². The summed E-state index contributed by atoms with van der Waals surface area (Å²) < 4.78 is 0. The highest BCUT2D eigenvalue weighted by Crippen LogP contribution is 2.09. The first-order valence-corrected chi connectivity index (χ1v) is 5.10. The van der Waals surface area contributed by atoms with Gasteiger partial charge in [-0.15, -0.1) is 11.3 Å². The maximum atomic E-state index is 11.4. The summed E-state index contributed by atoms with van der Waals surface area (Å²) in [5.41, 5.74) is -0.185. The van der Waals surface area contributed by atoms with Crippen molar-refractivity contribution >= 4 is 29.1 Å². The Morgan fingerprint density at radius 1 is 1.50 bits per heavy atom. The van der Waals surface area contributed by atoms with Gasteiger partial charge in [0.15, 0.2) is 10.7 Å². The highest BCUT2D eigenvalue weighted by Gasteiger charge is 2.14. The minimum Gasteiger partial charge on any atom is -0.476 e. The highest BCUT2D eigenvalue weighted by atomic mass is 32.1. The number of carbonyl (C=O) groups excluding carboxylic acids is 2. The zero-order chi connectivity index (χ0) is 12.1. The molecule has 0 radical (unpaired) electrons. The Morgan fingerprint density at radius 3 is 2.69 bits per heavy atom. The molecule has 0 aromatic carbocycles. The lowest BCUT2D eigenvalue weighted by molar-refractivity contribution is -0.119. The van der Waals surface area contributed by atoms with E-state index in [1.165, 1.54) is 12.4 Å². The topological polar surface area (TPSA) is 108 Å². The molecular formula is C8H9N3O4S. The van der Waals surface area contributed by atoms with E-state index < -0.39 is 11.9 Å². The van der Waals surface area contributed by atoms with Crippen molar-refractivity contribution in [2.45, 2.75) is 0 Å². The number of carboxylic acids is 1. The lowest BCUT2D eigenvalue weighted by atomic mass is 10.5. The van der Waals surface area contributed by atoms with Crippen LogP contribution in [0.1, 0.15) is 20.3 Å². The molecule has 0 bridgehead atoms. The Bertz CT molecular complexity index is 429. The van der Waals surface area contributed by atoms with Gasteiger partial charge in [0.25, 0.3) is 5.91 Å². The standard InChI is InChI=1S/C8H9N3O4S/c1-9-5(12)2-10-6(13)7-11-4(3-16-7)8(14)15/h3H,2H2,1H3,(H,9,12)(H,10,13)(H,14,15). The second-order valence-electron chi connectivity index (χ2n) is 2.70. The van der Waals surface area contributed by atoms with E-state index in [1.54, 1.807) is 0 Å². The Kier molecular flexibility index (Phi) is 3.95. The van der Waals surface area contributed by atoms with Crippen LogP contribution in [0.5, 0.6) is 0 Å². The Morgan fingerprint density at radius 2 is 2.19 bits per heavy atom. The van der Waals surface area contributed by atoms with Gasteiger partial charge in [-0.05, 0) is 0 Å². The molecule has 0 aliphatic heterocycles. The number of nitrogens with one attached hydrogen (secondary N) is 2. The fourth-order valence-electron chi connectivity index (χ4n) is 0.801. The molecule has 0 unspecified atom stereocenters. The van der Waals surface area contributed by atoms with Gasteiger partial charge < -0.3 is 15.7 Å². The number of hydrogen-bond acceptors (Lipinski definition) is 5. The fraction of sp³-hybridized carbons (Fsp3) is 0.250. The second-order valence-corrected chi connectivity index (χ2v) is 3.56. The number of aromatic carboxylic acids is 1. The van der Waals surface area contributed by atoms with Gasteiger partial charge in [0.2, 0.25) is 5.91 Å². The molecule has 1 aromatic rings. The molecule has 8 heteroatoms. The van der Waals surface area contributed by atoms with Crippen molar-refractivity contribution in [1.82, 2.24) is 15.6 Å². The van der Waals surface area contributed by atoms with E-state index in [1.807, 2.05) is 0 Å². The average molecular weight is 243 g/mol. The summed E-state index contributed by atoms with van der Waals surface area (Å²) in [5.74, 6) is -2.11. The van der Waals surface area contributed by atoms with Gasteiger partial charge in [-0.25, -0.2) is 9.78 Å². The summed E-state index contributed by atoms with van der Waals surface area (Å²) in [6, 6.07) is 0. The predicted molar refractivity (Wildman–Crippen MR) is 55.5 cm³/mol. The first-order chi connectivity index (χ1) is 7.54. The summed E-state index contributed by atoms with van der Waals surface area (Å²) in [5, 5.41) is 14.5. The van der Waals surface area contributed by atoms with Crippen molar-refractivity contribution in [3.8, 4) is 0 Å². The average Bonchev–Trinajstić information content (AvgIpc) is 2.74. The van der Waals surface area contributed by atoms with E-state index in [9.17, 15) is 14.4 Å².